The minimum absolute atomic E-state index is 1.08. The van der Waals surface area contributed by atoms with Crippen LogP contribution in [-0.2, 0) is 0 Å². The van der Waals surface area contributed by atoms with Crippen LogP contribution in [0.15, 0.2) is 279 Å². The fourth-order valence-corrected chi connectivity index (χ4v) is 9.94. The molecule has 0 N–H and O–H groups in total. The lowest BCUT2D eigenvalue weighted by molar-refractivity contribution is 1.28. The van der Waals surface area contributed by atoms with Crippen molar-refractivity contribution >= 4 is 66.4 Å². The molecule has 0 bridgehead atoms. The molecule has 0 radical (unpaired) electrons. The van der Waals surface area contributed by atoms with Crippen molar-refractivity contribution in [2.45, 2.75) is 0 Å². The van der Waals surface area contributed by atoms with E-state index in [0.717, 1.165) is 67.2 Å². The molecule has 0 aliphatic carbocycles. The van der Waals surface area contributed by atoms with E-state index in [2.05, 4.69) is 289 Å². The number of fused-ring (bicyclic) bond motifs is 3. The van der Waals surface area contributed by atoms with Crippen molar-refractivity contribution in [1.29, 1.82) is 0 Å². The standard InChI is InChI=1S/C66H46N2/c1-5-19-49(20-6-1)63-43-53-44-64(50-21-7-2-8-22-50)66(68(56-29-11-4-12-30-56)58-41-37-52(38-42-58)62-34-18-26-48-24-14-16-32-60(48)62)46-54(53)45-65(63)67(55-27-9-3-10-28-55)57-39-35-51(36-40-57)61-33-17-25-47-23-13-15-31-59(47)61/h1-46H. The molecule has 12 rings (SSSR count). The van der Waals surface area contributed by atoms with Gasteiger partial charge in [0.25, 0.3) is 0 Å². The quantitative estimate of drug-likeness (QED) is 0.135. The molecular formula is C66H46N2. The zero-order valence-corrected chi connectivity index (χ0v) is 37.5. The second kappa shape index (κ2) is 17.8. The van der Waals surface area contributed by atoms with Gasteiger partial charge in [-0.3, -0.25) is 0 Å². The fourth-order valence-electron chi connectivity index (χ4n) is 9.94. The van der Waals surface area contributed by atoms with Gasteiger partial charge < -0.3 is 9.80 Å². The molecule has 0 aliphatic heterocycles. The molecule has 0 atom stereocenters. The molecule has 0 amide bonds. The zero-order valence-electron chi connectivity index (χ0n) is 37.5. The number of para-hydroxylation sites is 2. The second-order valence-electron chi connectivity index (χ2n) is 17.3. The van der Waals surface area contributed by atoms with Crippen molar-refractivity contribution in [3.8, 4) is 44.5 Å². The van der Waals surface area contributed by atoms with Gasteiger partial charge in [-0.25, -0.2) is 0 Å². The fraction of sp³-hybridized carbons (Fsp3) is 0. The van der Waals surface area contributed by atoms with E-state index in [1.807, 2.05) is 0 Å². The van der Waals surface area contributed by atoms with Crippen LogP contribution in [-0.4, -0.2) is 0 Å². The van der Waals surface area contributed by atoms with E-state index in [4.69, 9.17) is 0 Å². The topological polar surface area (TPSA) is 6.48 Å². The van der Waals surface area contributed by atoms with Gasteiger partial charge in [0.2, 0.25) is 0 Å². The summed E-state index contributed by atoms with van der Waals surface area (Å²) in [6.45, 7) is 0. The van der Waals surface area contributed by atoms with Crippen LogP contribution in [0.2, 0.25) is 0 Å². The third-order valence-corrected chi connectivity index (χ3v) is 13.2. The summed E-state index contributed by atoms with van der Waals surface area (Å²) in [5, 5.41) is 7.27. The first-order valence-corrected chi connectivity index (χ1v) is 23.3. The first-order chi connectivity index (χ1) is 33.7. The lowest BCUT2D eigenvalue weighted by Gasteiger charge is -2.30. The van der Waals surface area contributed by atoms with E-state index in [1.54, 1.807) is 0 Å². The molecule has 0 saturated heterocycles. The molecule has 68 heavy (non-hydrogen) atoms. The smallest absolute Gasteiger partial charge is 0.0546 e. The highest BCUT2D eigenvalue weighted by atomic mass is 15.2. The average molecular weight is 867 g/mol. The van der Waals surface area contributed by atoms with Gasteiger partial charge in [0.15, 0.2) is 0 Å². The predicted molar refractivity (Wildman–Crippen MR) is 290 cm³/mol. The molecule has 320 valence electrons. The average Bonchev–Trinajstić information content (AvgIpc) is 3.42. The minimum Gasteiger partial charge on any atom is -0.310 e. The van der Waals surface area contributed by atoms with E-state index >= 15 is 0 Å². The number of hydrogen-bond donors (Lipinski definition) is 0. The molecule has 2 nitrogen and oxygen atoms in total. The van der Waals surface area contributed by atoms with Gasteiger partial charge in [0.1, 0.15) is 0 Å². The van der Waals surface area contributed by atoms with Crippen LogP contribution in [0, 0.1) is 0 Å². The maximum atomic E-state index is 2.42. The Bertz CT molecular complexity index is 3440. The Morgan fingerprint density at radius 3 is 0.912 bits per heavy atom. The van der Waals surface area contributed by atoms with Gasteiger partial charge in [-0.1, -0.05) is 206 Å². The molecule has 2 heteroatoms. The molecule has 0 aliphatic rings. The Labute approximate surface area is 397 Å². The van der Waals surface area contributed by atoms with Crippen molar-refractivity contribution in [3.05, 3.63) is 279 Å². The molecule has 0 saturated carbocycles. The van der Waals surface area contributed by atoms with Crippen molar-refractivity contribution in [2.24, 2.45) is 0 Å². The molecule has 12 aromatic rings. The van der Waals surface area contributed by atoms with Crippen LogP contribution in [0.3, 0.4) is 0 Å². The number of anilines is 6. The number of rotatable bonds is 10. The van der Waals surface area contributed by atoms with Gasteiger partial charge in [-0.15, -0.1) is 0 Å². The lowest BCUT2D eigenvalue weighted by Crippen LogP contribution is -2.12. The predicted octanol–water partition coefficient (Wildman–Crippen LogP) is 18.8. The van der Waals surface area contributed by atoms with Crippen LogP contribution >= 0.6 is 0 Å². The van der Waals surface area contributed by atoms with Gasteiger partial charge >= 0.3 is 0 Å². The Balaban J connectivity index is 1.07. The Kier molecular flexibility index (Phi) is 10.6. The summed E-state index contributed by atoms with van der Waals surface area (Å²) >= 11 is 0. The molecule has 0 aromatic heterocycles. The number of hydrogen-bond acceptors (Lipinski definition) is 2. The lowest BCUT2D eigenvalue weighted by atomic mass is 9.93. The van der Waals surface area contributed by atoms with Gasteiger partial charge in [0, 0.05) is 33.9 Å². The van der Waals surface area contributed by atoms with Crippen LogP contribution in [0.1, 0.15) is 0 Å². The molecular weight excluding hydrogens is 821 g/mol. The maximum Gasteiger partial charge on any atom is 0.0546 e. The third kappa shape index (κ3) is 7.64. The Morgan fingerprint density at radius 1 is 0.191 bits per heavy atom. The number of nitrogens with zero attached hydrogens (tertiary/aromatic N) is 2. The van der Waals surface area contributed by atoms with Gasteiger partial charge in [0.05, 0.1) is 11.4 Å². The van der Waals surface area contributed by atoms with E-state index < -0.39 is 0 Å². The molecule has 0 heterocycles. The van der Waals surface area contributed by atoms with Crippen molar-refractivity contribution in [1.82, 2.24) is 0 Å². The summed E-state index contributed by atoms with van der Waals surface area (Å²) in [7, 11) is 0. The highest BCUT2D eigenvalue weighted by molar-refractivity contribution is 6.05. The van der Waals surface area contributed by atoms with Crippen molar-refractivity contribution in [2.75, 3.05) is 9.80 Å². The summed E-state index contributed by atoms with van der Waals surface area (Å²) in [5.41, 5.74) is 15.9. The zero-order chi connectivity index (χ0) is 45.2. The van der Waals surface area contributed by atoms with Crippen molar-refractivity contribution < 1.29 is 0 Å². The van der Waals surface area contributed by atoms with E-state index in [1.165, 1.54) is 43.8 Å². The SMILES string of the molecule is c1ccc(-c2cc3cc(-c4ccccc4)c(N(c4ccccc4)c4ccc(-c5cccc6ccccc56)cc4)cc3cc2N(c2ccccc2)c2ccc(-c3cccc4ccccc34)cc2)cc1. The normalized spacial score (nSPS) is 11.2. The monoisotopic (exact) mass is 866 g/mol. The highest BCUT2D eigenvalue weighted by Crippen LogP contribution is 2.48. The molecule has 12 aromatic carbocycles. The molecule has 0 unspecified atom stereocenters. The molecule has 0 fully saturated rings. The first kappa shape index (κ1) is 40.5. The Hall–Kier alpha value is -8.98. The number of benzene rings is 12. The summed E-state index contributed by atoms with van der Waals surface area (Å²) in [4.78, 5) is 4.83. The first-order valence-electron chi connectivity index (χ1n) is 23.3. The van der Waals surface area contributed by atoms with Crippen LogP contribution in [0.5, 0.6) is 0 Å². The second-order valence-corrected chi connectivity index (χ2v) is 17.3. The van der Waals surface area contributed by atoms with Crippen LogP contribution in [0.25, 0.3) is 76.8 Å². The van der Waals surface area contributed by atoms with E-state index in [0.29, 0.717) is 0 Å². The van der Waals surface area contributed by atoms with Crippen LogP contribution in [0.4, 0.5) is 34.1 Å². The summed E-state index contributed by atoms with van der Waals surface area (Å²) in [5.74, 6) is 0. The summed E-state index contributed by atoms with van der Waals surface area (Å²) in [6, 6.07) is 101. The summed E-state index contributed by atoms with van der Waals surface area (Å²) < 4.78 is 0. The largest absolute Gasteiger partial charge is 0.310 e. The van der Waals surface area contributed by atoms with Gasteiger partial charge in [-0.05, 0) is 138 Å². The van der Waals surface area contributed by atoms with Gasteiger partial charge in [-0.2, -0.15) is 0 Å². The highest BCUT2D eigenvalue weighted by Gasteiger charge is 2.23. The van der Waals surface area contributed by atoms with E-state index in [-0.39, 0.29) is 0 Å². The van der Waals surface area contributed by atoms with Crippen LogP contribution < -0.4 is 9.80 Å². The minimum atomic E-state index is 1.08. The van der Waals surface area contributed by atoms with E-state index in [9.17, 15) is 0 Å². The third-order valence-electron chi connectivity index (χ3n) is 13.2. The Morgan fingerprint density at radius 2 is 0.500 bits per heavy atom. The van der Waals surface area contributed by atoms with Crippen molar-refractivity contribution in [3.63, 3.8) is 0 Å². The molecule has 0 spiro atoms. The maximum absolute atomic E-state index is 2.42. The summed E-state index contributed by atoms with van der Waals surface area (Å²) in [6.07, 6.45) is 0.